The van der Waals surface area contributed by atoms with Crippen LogP contribution in [0.1, 0.15) is 50.6 Å². The molecule has 2 heterocycles. The van der Waals surface area contributed by atoms with Crippen molar-refractivity contribution < 1.29 is 9.59 Å². The van der Waals surface area contributed by atoms with Crippen LogP contribution in [0.5, 0.6) is 0 Å². The van der Waals surface area contributed by atoms with Gasteiger partial charge >= 0.3 is 0 Å². The molecule has 136 valence electrons. The lowest BCUT2D eigenvalue weighted by Gasteiger charge is -2.34. The molecule has 0 spiro atoms. The Morgan fingerprint density at radius 2 is 1.80 bits per heavy atom. The number of rotatable bonds is 5. The molecule has 0 saturated carbocycles. The topological polar surface area (TPSA) is 52.7 Å². The van der Waals surface area contributed by atoms with Crippen molar-refractivity contribution in [2.75, 3.05) is 20.1 Å². The zero-order chi connectivity index (χ0) is 17.8. The van der Waals surface area contributed by atoms with Crippen molar-refractivity contribution in [3.05, 3.63) is 35.9 Å². The van der Waals surface area contributed by atoms with Gasteiger partial charge in [0.1, 0.15) is 0 Å². The molecule has 1 N–H and O–H groups in total. The van der Waals surface area contributed by atoms with Crippen molar-refractivity contribution in [1.29, 1.82) is 0 Å². The van der Waals surface area contributed by atoms with Crippen LogP contribution in [0.15, 0.2) is 30.3 Å². The molecule has 1 aromatic rings. The van der Waals surface area contributed by atoms with Gasteiger partial charge in [0.2, 0.25) is 11.8 Å². The van der Waals surface area contributed by atoms with Crippen LogP contribution in [0.3, 0.4) is 0 Å². The van der Waals surface area contributed by atoms with E-state index in [0.717, 1.165) is 31.5 Å². The first-order valence-corrected chi connectivity index (χ1v) is 9.38. The molecule has 3 atom stereocenters. The van der Waals surface area contributed by atoms with E-state index in [4.69, 9.17) is 0 Å². The monoisotopic (exact) mass is 343 g/mol. The van der Waals surface area contributed by atoms with Crippen molar-refractivity contribution in [2.24, 2.45) is 0 Å². The third-order valence-corrected chi connectivity index (χ3v) is 5.60. The molecular formula is C20H29N3O2. The summed E-state index contributed by atoms with van der Waals surface area (Å²) in [6, 6.07) is 10.3. The molecule has 0 bridgehead atoms. The summed E-state index contributed by atoms with van der Waals surface area (Å²) in [6.07, 6.45) is 4.90. The highest BCUT2D eigenvalue weighted by atomic mass is 16.2. The molecule has 2 saturated heterocycles. The molecule has 2 amide bonds. The molecule has 2 aliphatic rings. The van der Waals surface area contributed by atoms with Gasteiger partial charge < -0.3 is 15.1 Å². The van der Waals surface area contributed by atoms with Crippen molar-refractivity contribution in [2.45, 2.75) is 57.2 Å². The number of likely N-dealkylation sites (N-methyl/N-ethyl adjacent to an activating group) is 1. The van der Waals surface area contributed by atoms with E-state index in [0.29, 0.717) is 18.5 Å². The Morgan fingerprint density at radius 3 is 2.44 bits per heavy atom. The minimum Gasteiger partial charge on any atom is -0.349 e. The number of likely N-dealkylation sites (tertiary alicyclic amines) is 2. The molecular weight excluding hydrogens is 314 g/mol. The summed E-state index contributed by atoms with van der Waals surface area (Å²) >= 11 is 0. The molecule has 0 unspecified atom stereocenters. The fourth-order valence-electron chi connectivity index (χ4n) is 4.40. The Balaban J connectivity index is 1.71. The second kappa shape index (κ2) is 8.00. The first-order chi connectivity index (χ1) is 12.1. The van der Waals surface area contributed by atoms with Gasteiger partial charge in [-0.3, -0.25) is 9.59 Å². The molecule has 1 aromatic carbocycles. The number of amides is 2. The highest BCUT2D eigenvalue weighted by Gasteiger charge is 2.38. The van der Waals surface area contributed by atoms with Crippen LogP contribution in [-0.4, -0.2) is 53.8 Å². The Hall–Kier alpha value is -1.88. The quantitative estimate of drug-likeness (QED) is 0.893. The molecule has 3 rings (SSSR count). The van der Waals surface area contributed by atoms with Gasteiger partial charge in [0.15, 0.2) is 0 Å². The van der Waals surface area contributed by atoms with E-state index in [-0.39, 0.29) is 17.9 Å². The molecule has 0 aromatic heterocycles. The number of nitrogens with one attached hydrogen (secondary N) is 1. The van der Waals surface area contributed by atoms with Crippen LogP contribution in [0, 0.1) is 0 Å². The first-order valence-electron chi connectivity index (χ1n) is 9.38. The number of hydrogen-bond donors (Lipinski definition) is 1. The molecule has 5 heteroatoms. The van der Waals surface area contributed by atoms with Crippen LogP contribution in [0.2, 0.25) is 0 Å². The maximum atomic E-state index is 13.0. The molecule has 0 aliphatic carbocycles. The van der Waals surface area contributed by atoms with Crippen LogP contribution in [0.25, 0.3) is 0 Å². The Morgan fingerprint density at radius 1 is 1.12 bits per heavy atom. The van der Waals surface area contributed by atoms with E-state index in [1.54, 1.807) is 0 Å². The van der Waals surface area contributed by atoms with Crippen LogP contribution >= 0.6 is 0 Å². The molecule has 0 radical (unpaired) electrons. The minimum absolute atomic E-state index is 0.102. The molecule has 5 nitrogen and oxygen atoms in total. The Bertz CT molecular complexity index is 604. The van der Waals surface area contributed by atoms with Crippen LogP contribution in [-0.2, 0) is 9.59 Å². The van der Waals surface area contributed by atoms with Gasteiger partial charge in [-0.15, -0.1) is 0 Å². The van der Waals surface area contributed by atoms with E-state index in [2.05, 4.69) is 22.2 Å². The normalized spacial score (nSPS) is 25.1. The number of carbonyl (C=O) groups excluding carboxylic acids is 2. The number of nitrogens with zero attached hydrogens (tertiary/aromatic N) is 2. The first kappa shape index (κ1) is 17.9. The fraction of sp³-hybridized carbons (Fsp3) is 0.600. The van der Waals surface area contributed by atoms with Gasteiger partial charge in [-0.1, -0.05) is 30.3 Å². The standard InChI is InChI=1S/C20H29N3O2/c1-15(24)21-17(16-8-4-3-5-9-16)14-20(25)23-13-7-11-19(23)18-10-6-12-22(18)2/h3-5,8-9,17-19H,6-7,10-14H2,1-2H3,(H,21,24)/t17-,18-,19+/m1/s1. The zero-order valence-electron chi connectivity index (χ0n) is 15.3. The smallest absolute Gasteiger partial charge is 0.225 e. The maximum Gasteiger partial charge on any atom is 0.225 e. The molecule has 2 aliphatic heterocycles. The lowest BCUT2D eigenvalue weighted by atomic mass is 10.0. The summed E-state index contributed by atoms with van der Waals surface area (Å²) in [5.74, 6) is 0.0561. The minimum atomic E-state index is -0.256. The van der Waals surface area contributed by atoms with Gasteiger partial charge in [0, 0.05) is 25.6 Å². The fourth-order valence-corrected chi connectivity index (χ4v) is 4.40. The van der Waals surface area contributed by atoms with Gasteiger partial charge in [-0.05, 0) is 44.8 Å². The van der Waals surface area contributed by atoms with E-state index < -0.39 is 0 Å². The zero-order valence-corrected chi connectivity index (χ0v) is 15.3. The van der Waals surface area contributed by atoms with E-state index in [1.165, 1.54) is 19.8 Å². The van der Waals surface area contributed by atoms with Gasteiger partial charge in [-0.25, -0.2) is 0 Å². The highest BCUT2D eigenvalue weighted by molar-refractivity contribution is 5.79. The largest absolute Gasteiger partial charge is 0.349 e. The summed E-state index contributed by atoms with van der Waals surface area (Å²) in [6.45, 7) is 3.48. The van der Waals surface area contributed by atoms with Crippen molar-refractivity contribution in [3.8, 4) is 0 Å². The lowest BCUT2D eigenvalue weighted by Crippen LogP contribution is -2.47. The van der Waals surface area contributed by atoms with E-state index in [1.807, 2.05) is 30.3 Å². The molecule has 2 fully saturated rings. The van der Waals surface area contributed by atoms with E-state index in [9.17, 15) is 9.59 Å². The third kappa shape index (κ3) is 4.21. The summed E-state index contributed by atoms with van der Waals surface area (Å²) in [5.41, 5.74) is 0.986. The van der Waals surface area contributed by atoms with Gasteiger partial charge in [0.05, 0.1) is 12.5 Å². The van der Waals surface area contributed by atoms with Crippen molar-refractivity contribution >= 4 is 11.8 Å². The third-order valence-electron chi connectivity index (χ3n) is 5.60. The lowest BCUT2D eigenvalue weighted by molar-refractivity contribution is -0.133. The predicted octanol–water partition coefficient (Wildman–Crippen LogP) is 2.34. The van der Waals surface area contributed by atoms with Crippen LogP contribution < -0.4 is 5.32 Å². The summed E-state index contributed by atoms with van der Waals surface area (Å²) in [5, 5.41) is 2.95. The van der Waals surface area contributed by atoms with Crippen LogP contribution in [0.4, 0.5) is 0 Å². The number of benzene rings is 1. The second-order valence-corrected chi connectivity index (χ2v) is 7.35. The van der Waals surface area contributed by atoms with Crippen molar-refractivity contribution in [3.63, 3.8) is 0 Å². The number of hydrogen-bond acceptors (Lipinski definition) is 3. The number of carbonyl (C=O) groups is 2. The highest BCUT2D eigenvalue weighted by Crippen LogP contribution is 2.30. The summed E-state index contributed by atoms with van der Waals surface area (Å²) < 4.78 is 0. The summed E-state index contributed by atoms with van der Waals surface area (Å²) in [4.78, 5) is 29.1. The average molecular weight is 343 g/mol. The Labute approximate surface area is 150 Å². The maximum absolute atomic E-state index is 13.0. The SMILES string of the molecule is CC(=O)N[C@H](CC(=O)N1CCC[C@H]1[C@H]1CCCN1C)c1ccccc1. The van der Waals surface area contributed by atoms with Gasteiger partial charge in [0.25, 0.3) is 0 Å². The molecule has 25 heavy (non-hydrogen) atoms. The van der Waals surface area contributed by atoms with E-state index >= 15 is 0 Å². The second-order valence-electron chi connectivity index (χ2n) is 7.35. The Kier molecular flexibility index (Phi) is 5.74. The summed E-state index contributed by atoms with van der Waals surface area (Å²) in [7, 11) is 2.17. The predicted molar refractivity (Wildman–Crippen MR) is 98.0 cm³/mol. The van der Waals surface area contributed by atoms with Gasteiger partial charge in [-0.2, -0.15) is 0 Å². The van der Waals surface area contributed by atoms with Crippen molar-refractivity contribution in [1.82, 2.24) is 15.1 Å². The average Bonchev–Trinajstić information content (AvgIpc) is 3.23.